The average molecular weight is 391 g/mol. The van der Waals surface area contributed by atoms with Crippen molar-refractivity contribution in [1.82, 2.24) is 0 Å². The van der Waals surface area contributed by atoms with Gasteiger partial charge in [-0.2, -0.15) is 5.26 Å². The van der Waals surface area contributed by atoms with E-state index in [9.17, 15) is 4.79 Å². The molecule has 1 aliphatic rings. The maximum atomic E-state index is 12.9. The van der Waals surface area contributed by atoms with Gasteiger partial charge in [-0.05, 0) is 45.3 Å². The standard InChI is InChI=1S/C21H15BrN2O/c1-2-15(13-23)11-12-19(22)21(25)24-14-16-7-3-4-8-17(16)18-9-5-6-10-20(18)24/h2-12H,1,14H2/b15-11+,19-12-. The summed E-state index contributed by atoms with van der Waals surface area (Å²) in [6.45, 7) is 4.07. The summed E-state index contributed by atoms with van der Waals surface area (Å²) < 4.78 is 0.385. The molecule has 4 heteroatoms. The average Bonchev–Trinajstić information content (AvgIpc) is 2.67. The van der Waals surface area contributed by atoms with Gasteiger partial charge < -0.3 is 4.90 Å². The lowest BCUT2D eigenvalue weighted by Gasteiger charge is -2.31. The van der Waals surface area contributed by atoms with Crippen molar-refractivity contribution < 1.29 is 4.79 Å². The van der Waals surface area contributed by atoms with Gasteiger partial charge in [0, 0.05) is 5.56 Å². The lowest BCUT2D eigenvalue weighted by atomic mass is 9.93. The zero-order chi connectivity index (χ0) is 17.8. The van der Waals surface area contributed by atoms with Gasteiger partial charge in [0.15, 0.2) is 0 Å². The van der Waals surface area contributed by atoms with Crippen LogP contribution in [0.3, 0.4) is 0 Å². The fourth-order valence-electron chi connectivity index (χ4n) is 2.81. The number of hydrogen-bond donors (Lipinski definition) is 0. The summed E-state index contributed by atoms with van der Waals surface area (Å²) in [5, 5.41) is 8.94. The van der Waals surface area contributed by atoms with Crippen molar-refractivity contribution in [2.24, 2.45) is 0 Å². The van der Waals surface area contributed by atoms with Crippen molar-refractivity contribution in [1.29, 1.82) is 5.26 Å². The molecular weight excluding hydrogens is 376 g/mol. The predicted molar refractivity (Wildman–Crippen MR) is 104 cm³/mol. The number of anilines is 1. The van der Waals surface area contributed by atoms with Crippen LogP contribution in [0.4, 0.5) is 5.69 Å². The van der Waals surface area contributed by atoms with Gasteiger partial charge >= 0.3 is 0 Å². The van der Waals surface area contributed by atoms with E-state index in [1.807, 2.05) is 48.5 Å². The van der Waals surface area contributed by atoms with E-state index in [1.54, 1.807) is 17.1 Å². The quantitative estimate of drug-likeness (QED) is 0.414. The number of benzene rings is 2. The first kappa shape index (κ1) is 16.9. The lowest BCUT2D eigenvalue weighted by Crippen LogP contribution is -2.33. The molecule has 0 aliphatic carbocycles. The molecule has 0 aromatic heterocycles. The van der Waals surface area contributed by atoms with Crippen LogP contribution in [0.25, 0.3) is 11.1 Å². The number of para-hydroxylation sites is 1. The van der Waals surface area contributed by atoms with E-state index in [-0.39, 0.29) is 5.91 Å². The summed E-state index contributed by atoms with van der Waals surface area (Å²) in [5.41, 5.74) is 4.58. The molecule has 0 bridgehead atoms. The molecule has 3 rings (SSSR count). The molecule has 0 N–H and O–H groups in total. The maximum Gasteiger partial charge on any atom is 0.265 e. The predicted octanol–water partition coefficient (Wildman–Crippen LogP) is 5.11. The van der Waals surface area contributed by atoms with Crippen LogP contribution in [0, 0.1) is 11.3 Å². The second kappa shape index (κ2) is 7.33. The highest BCUT2D eigenvalue weighted by Gasteiger charge is 2.26. The molecule has 122 valence electrons. The van der Waals surface area contributed by atoms with E-state index in [1.165, 1.54) is 6.08 Å². The smallest absolute Gasteiger partial charge is 0.265 e. The maximum absolute atomic E-state index is 12.9. The molecule has 0 saturated heterocycles. The Bertz CT molecular complexity index is 950. The zero-order valence-corrected chi connectivity index (χ0v) is 15.0. The van der Waals surface area contributed by atoms with Crippen molar-refractivity contribution >= 4 is 27.5 Å². The number of carbonyl (C=O) groups is 1. The number of allylic oxidation sites excluding steroid dienone is 4. The van der Waals surface area contributed by atoms with Crippen LogP contribution in [0.5, 0.6) is 0 Å². The van der Waals surface area contributed by atoms with Crippen LogP contribution in [0.15, 0.2) is 83.4 Å². The van der Waals surface area contributed by atoms with Crippen LogP contribution >= 0.6 is 15.9 Å². The highest BCUT2D eigenvalue weighted by Crippen LogP contribution is 2.39. The molecule has 0 radical (unpaired) electrons. The van der Waals surface area contributed by atoms with Crippen molar-refractivity contribution in [3.8, 4) is 17.2 Å². The summed E-state index contributed by atoms with van der Waals surface area (Å²) in [7, 11) is 0. The lowest BCUT2D eigenvalue weighted by molar-refractivity contribution is -0.114. The van der Waals surface area contributed by atoms with Crippen molar-refractivity contribution in [3.05, 3.63) is 89.0 Å². The van der Waals surface area contributed by atoms with E-state index < -0.39 is 0 Å². The zero-order valence-electron chi connectivity index (χ0n) is 13.4. The summed E-state index contributed by atoms with van der Waals surface area (Å²) in [6, 6.07) is 18.0. The summed E-state index contributed by atoms with van der Waals surface area (Å²) in [4.78, 5) is 14.7. The number of carbonyl (C=O) groups excluding carboxylic acids is 1. The van der Waals surface area contributed by atoms with Gasteiger partial charge in [0.1, 0.15) is 0 Å². The first-order chi connectivity index (χ1) is 12.2. The molecule has 2 aromatic carbocycles. The summed E-state index contributed by atoms with van der Waals surface area (Å²) in [6.07, 6.45) is 4.61. The van der Waals surface area contributed by atoms with Crippen molar-refractivity contribution in [3.63, 3.8) is 0 Å². The Balaban J connectivity index is 2.00. The van der Waals surface area contributed by atoms with Crippen molar-refractivity contribution in [2.75, 3.05) is 4.90 Å². The van der Waals surface area contributed by atoms with Crippen LogP contribution in [-0.2, 0) is 11.3 Å². The van der Waals surface area contributed by atoms with Gasteiger partial charge in [-0.25, -0.2) is 0 Å². The Morgan fingerprint density at radius 3 is 2.52 bits per heavy atom. The third kappa shape index (κ3) is 3.33. The van der Waals surface area contributed by atoms with E-state index in [2.05, 4.69) is 28.6 Å². The van der Waals surface area contributed by atoms with Crippen LogP contribution < -0.4 is 4.90 Å². The Morgan fingerprint density at radius 1 is 1.12 bits per heavy atom. The number of hydrogen-bond acceptors (Lipinski definition) is 2. The van der Waals surface area contributed by atoms with E-state index in [0.29, 0.717) is 16.6 Å². The normalized spacial score (nSPS) is 13.5. The number of amides is 1. The Kier molecular flexibility index (Phi) is 4.97. The summed E-state index contributed by atoms with van der Waals surface area (Å²) >= 11 is 3.34. The number of nitrogens with zero attached hydrogens (tertiary/aromatic N) is 2. The Hall–Kier alpha value is -2.90. The molecule has 2 aromatic rings. The van der Waals surface area contributed by atoms with Crippen LogP contribution in [0.1, 0.15) is 5.56 Å². The minimum atomic E-state index is -0.153. The molecule has 3 nitrogen and oxygen atoms in total. The van der Waals surface area contributed by atoms with Gasteiger partial charge in [-0.15, -0.1) is 0 Å². The third-order valence-corrected chi connectivity index (χ3v) is 4.64. The Morgan fingerprint density at radius 2 is 1.80 bits per heavy atom. The fourth-order valence-corrected chi connectivity index (χ4v) is 3.15. The monoisotopic (exact) mass is 390 g/mol. The molecule has 25 heavy (non-hydrogen) atoms. The van der Waals surface area contributed by atoms with Gasteiger partial charge in [0.2, 0.25) is 0 Å². The van der Waals surface area contributed by atoms with Crippen LogP contribution in [-0.4, -0.2) is 5.91 Å². The first-order valence-electron chi connectivity index (χ1n) is 7.75. The molecular formula is C21H15BrN2O. The molecule has 0 unspecified atom stereocenters. The number of nitriles is 1. The van der Waals surface area contributed by atoms with Gasteiger partial charge in [0.05, 0.1) is 28.4 Å². The highest BCUT2D eigenvalue weighted by atomic mass is 79.9. The molecule has 1 amide bonds. The minimum absolute atomic E-state index is 0.153. The number of rotatable bonds is 3. The molecule has 0 fully saturated rings. The SMILES string of the molecule is C=C/C(C#N)=C\C=C(/Br)C(=O)N1Cc2ccccc2-c2ccccc21. The largest absolute Gasteiger partial charge is 0.303 e. The molecule has 0 atom stereocenters. The molecule has 0 spiro atoms. The highest BCUT2D eigenvalue weighted by molar-refractivity contribution is 9.12. The van der Waals surface area contributed by atoms with Crippen molar-refractivity contribution in [2.45, 2.75) is 6.54 Å². The van der Waals surface area contributed by atoms with Gasteiger partial charge in [-0.3, -0.25) is 4.79 Å². The number of halogens is 1. The second-order valence-electron chi connectivity index (χ2n) is 5.52. The van der Waals surface area contributed by atoms with Gasteiger partial charge in [-0.1, -0.05) is 55.1 Å². The fraction of sp³-hybridized carbons (Fsp3) is 0.0476. The first-order valence-corrected chi connectivity index (χ1v) is 8.54. The van der Waals surface area contributed by atoms with E-state index in [0.717, 1.165) is 22.4 Å². The summed E-state index contributed by atoms with van der Waals surface area (Å²) in [5.74, 6) is -0.153. The van der Waals surface area contributed by atoms with E-state index in [4.69, 9.17) is 5.26 Å². The molecule has 1 heterocycles. The third-order valence-electron chi connectivity index (χ3n) is 4.04. The second-order valence-corrected chi connectivity index (χ2v) is 6.37. The van der Waals surface area contributed by atoms with Gasteiger partial charge in [0.25, 0.3) is 5.91 Å². The Labute approximate surface area is 155 Å². The number of fused-ring (bicyclic) bond motifs is 3. The molecule has 1 aliphatic heterocycles. The van der Waals surface area contributed by atoms with E-state index >= 15 is 0 Å². The minimum Gasteiger partial charge on any atom is -0.303 e. The molecule has 0 saturated carbocycles. The topological polar surface area (TPSA) is 44.1 Å². The van der Waals surface area contributed by atoms with Crippen LogP contribution in [0.2, 0.25) is 0 Å².